The summed E-state index contributed by atoms with van der Waals surface area (Å²) in [4.78, 5) is 4.82. The molecule has 1 aliphatic heterocycles. The van der Waals surface area contributed by atoms with E-state index >= 15 is 0 Å². The first-order chi connectivity index (χ1) is 11.4. The molecule has 118 valence electrons. The second-order valence-corrected chi connectivity index (χ2v) is 7.05. The summed E-state index contributed by atoms with van der Waals surface area (Å²) in [6.45, 7) is 3.34. The van der Waals surface area contributed by atoms with Gasteiger partial charge in [-0.1, -0.05) is 30.3 Å². The van der Waals surface area contributed by atoms with E-state index in [1.54, 1.807) is 11.3 Å². The van der Waals surface area contributed by atoms with E-state index in [1.807, 2.05) is 6.07 Å². The fourth-order valence-electron chi connectivity index (χ4n) is 3.18. The number of nitrogens with zero attached hydrogens (tertiary/aromatic N) is 1. The highest BCUT2D eigenvalue weighted by Gasteiger charge is 2.14. The van der Waals surface area contributed by atoms with Gasteiger partial charge in [0, 0.05) is 12.1 Å². The molecule has 1 saturated heterocycles. The highest BCUT2D eigenvalue weighted by molar-refractivity contribution is 7.17. The maximum atomic E-state index is 4.82. The van der Waals surface area contributed by atoms with Crippen molar-refractivity contribution in [1.29, 1.82) is 0 Å². The summed E-state index contributed by atoms with van der Waals surface area (Å²) in [6, 6.07) is 14.7. The summed E-state index contributed by atoms with van der Waals surface area (Å²) in [5, 5.41) is 9.26. The molecule has 4 heteroatoms. The molecule has 0 amide bonds. The Morgan fingerprint density at radius 2 is 1.96 bits per heavy atom. The second-order valence-electron chi connectivity index (χ2n) is 6.13. The van der Waals surface area contributed by atoms with Crippen LogP contribution in [0, 0.1) is 5.92 Å². The van der Waals surface area contributed by atoms with Crippen LogP contribution in [0.15, 0.2) is 47.8 Å². The van der Waals surface area contributed by atoms with Crippen LogP contribution in [0.3, 0.4) is 0 Å². The zero-order valence-corrected chi connectivity index (χ0v) is 13.9. The molecule has 1 aliphatic rings. The third-order valence-electron chi connectivity index (χ3n) is 4.52. The van der Waals surface area contributed by atoms with Gasteiger partial charge < -0.3 is 10.6 Å². The molecule has 4 rings (SSSR count). The lowest BCUT2D eigenvalue weighted by Crippen LogP contribution is -2.31. The Morgan fingerprint density at radius 3 is 2.78 bits per heavy atom. The number of hydrogen-bond acceptors (Lipinski definition) is 4. The Balaban J connectivity index is 1.63. The Labute approximate surface area is 140 Å². The molecule has 0 unspecified atom stereocenters. The molecule has 1 fully saturated rings. The number of thiophene rings is 1. The van der Waals surface area contributed by atoms with Crippen molar-refractivity contribution >= 4 is 27.2 Å². The molecule has 3 nitrogen and oxygen atoms in total. The summed E-state index contributed by atoms with van der Waals surface area (Å²) in [5.74, 6) is 0.764. The van der Waals surface area contributed by atoms with Crippen molar-refractivity contribution in [1.82, 2.24) is 10.3 Å². The number of fused-ring (bicyclic) bond motifs is 1. The van der Waals surface area contributed by atoms with Gasteiger partial charge in [-0.25, -0.2) is 4.98 Å². The van der Waals surface area contributed by atoms with Gasteiger partial charge in [0.25, 0.3) is 0 Å². The molecule has 0 radical (unpaired) electrons. The number of hydrogen-bond donors (Lipinski definition) is 2. The largest absolute Gasteiger partial charge is 0.383 e. The number of piperidine rings is 1. The first kappa shape index (κ1) is 14.7. The molecule has 0 spiro atoms. The van der Waals surface area contributed by atoms with Crippen molar-refractivity contribution in [3.8, 4) is 11.3 Å². The third-order valence-corrected chi connectivity index (χ3v) is 5.46. The predicted octanol–water partition coefficient (Wildman–Crippen LogP) is 4.37. The van der Waals surface area contributed by atoms with Crippen LogP contribution in [-0.2, 0) is 0 Å². The van der Waals surface area contributed by atoms with Crippen molar-refractivity contribution in [3.05, 3.63) is 47.8 Å². The van der Waals surface area contributed by atoms with E-state index in [9.17, 15) is 0 Å². The topological polar surface area (TPSA) is 37.0 Å². The van der Waals surface area contributed by atoms with E-state index in [-0.39, 0.29) is 0 Å². The van der Waals surface area contributed by atoms with Crippen LogP contribution in [-0.4, -0.2) is 24.6 Å². The molecule has 0 aliphatic carbocycles. The number of nitrogens with one attached hydrogen (secondary N) is 2. The van der Waals surface area contributed by atoms with Gasteiger partial charge in [0.1, 0.15) is 0 Å². The number of benzene rings is 1. The predicted molar refractivity (Wildman–Crippen MR) is 99.1 cm³/mol. The average Bonchev–Trinajstić information content (AvgIpc) is 3.10. The van der Waals surface area contributed by atoms with Crippen LogP contribution in [0.1, 0.15) is 12.8 Å². The molecule has 0 saturated carbocycles. The van der Waals surface area contributed by atoms with E-state index in [1.165, 1.54) is 28.8 Å². The lowest BCUT2D eigenvalue weighted by atomic mass is 9.98. The molecule has 3 heterocycles. The summed E-state index contributed by atoms with van der Waals surface area (Å²) in [6.07, 6.45) is 2.52. The van der Waals surface area contributed by atoms with Gasteiger partial charge in [0.05, 0.1) is 21.6 Å². The van der Waals surface area contributed by atoms with Gasteiger partial charge in [0.2, 0.25) is 0 Å². The van der Waals surface area contributed by atoms with Crippen molar-refractivity contribution in [3.63, 3.8) is 0 Å². The Morgan fingerprint density at radius 1 is 1.13 bits per heavy atom. The Bertz CT molecular complexity index is 776. The lowest BCUT2D eigenvalue weighted by Gasteiger charge is -2.23. The Hall–Kier alpha value is -1.91. The first-order valence-electron chi connectivity index (χ1n) is 8.28. The maximum Gasteiger partial charge on any atom is 0.0838 e. The molecule has 23 heavy (non-hydrogen) atoms. The minimum atomic E-state index is 0.764. The van der Waals surface area contributed by atoms with E-state index in [0.29, 0.717) is 0 Å². The molecule has 2 aromatic heterocycles. The van der Waals surface area contributed by atoms with Crippen molar-refractivity contribution in [2.75, 3.05) is 25.0 Å². The molecule has 2 N–H and O–H groups in total. The SMILES string of the molecule is c1ccc(-c2cc(NCC3CCNCC3)c3sccc3n2)cc1. The van der Waals surface area contributed by atoms with Crippen LogP contribution < -0.4 is 10.6 Å². The number of rotatable bonds is 4. The van der Waals surface area contributed by atoms with E-state index in [4.69, 9.17) is 4.98 Å². The maximum absolute atomic E-state index is 4.82. The monoisotopic (exact) mass is 323 g/mol. The van der Waals surface area contributed by atoms with Gasteiger partial charge in [0.15, 0.2) is 0 Å². The molecular weight excluding hydrogens is 302 g/mol. The highest BCUT2D eigenvalue weighted by atomic mass is 32.1. The Kier molecular flexibility index (Phi) is 4.26. The minimum absolute atomic E-state index is 0.764. The second kappa shape index (κ2) is 6.69. The zero-order chi connectivity index (χ0) is 15.5. The minimum Gasteiger partial charge on any atom is -0.383 e. The van der Waals surface area contributed by atoms with Crippen molar-refractivity contribution in [2.24, 2.45) is 5.92 Å². The van der Waals surface area contributed by atoms with Crippen LogP contribution in [0.25, 0.3) is 21.5 Å². The average molecular weight is 323 g/mol. The van der Waals surface area contributed by atoms with Crippen molar-refractivity contribution in [2.45, 2.75) is 12.8 Å². The number of aromatic nitrogens is 1. The molecule has 3 aromatic rings. The van der Waals surface area contributed by atoms with Crippen LogP contribution in [0.4, 0.5) is 5.69 Å². The van der Waals surface area contributed by atoms with Gasteiger partial charge >= 0.3 is 0 Å². The molecular formula is C19H21N3S. The summed E-state index contributed by atoms with van der Waals surface area (Å²) in [7, 11) is 0. The molecule has 0 bridgehead atoms. The van der Waals surface area contributed by atoms with Gasteiger partial charge in [-0.15, -0.1) is 11.3 Å². The normalized spacial score (nSPS) is 15.8. The van der Waals surface area contributed by atoms with E-state index in [2.05, 4.69) is 52.4 Å². The van der Waals surface area contributed by atoms with Crippen molar-refractivity contribution < 1.29 is 0 Å². The first-order valence-corrected chi connectivity index (χ1v) is 9.16. The van der Waals surface area contributed by atoms with Gasteiger partial charge in [-0.3, -0.25) is 0 Å². The summed E-state index contributed by atoms with van der Waals surface area (Å²) in [5.41, 5.74) is 4.53. The van der Waals surface area contributed by atoms with Crippen LogP contribution in [0.2, 0.25) is 0 Å². The zero-order valence-electron chi connectivity index (χ0n) is 13.1. The van der Waals surface area contributed by atoms with Crippen LogP contribution >= 0.6 is 11.3 Å². The highest BCUT2D eigenvalue weighted by Crippen LogP contribution is 2.32. The summed E-state index contributed by atoms with van der Waals surface area (Å²) >= 11 is 1.77. The van der Waals surface area contributed by atoms with Crippen LogP contribution in [0.5, 0.6) is 0 Å². The van der Waals surface area contributed by atoms with Gasteiger partial charge in [-0.05, 0) is 49.4 Å². The molecule has 1 aromatic carbocycles. The third kappa shape index (κ3) is 3.23. The fourth-order valence-corrected chi connectivity index (χ4v) is 4.01. The lowest BCUT2D eigenvalue weighted by molar-refractivity contribution is 0.390. The quantitative estimate of drug-likeness (QED) is 0.748. The number of anilines is 1. The van der Waals surface area contributed by atoms with E-state index in [0.717, 1.165) is 36.8 Å². The smallest absolute Gasteiger partial charge is 0.0838 e. The number of pyridine rings is 1. The standard InChI is InChI=1S/C19H21N3S/c1-2-4-15(5-3-1)17-12-18(19-16(22-17)8-11-23-19)21-13-14-6-9-20-10-7-14/h1-5,8,11-12,14,20H,6-7,9-10,13H2,(H,21,22). The van der Waals surface area contributed by atoms with Gasteiger partial charge in [-0.2, -0.15) is 0 Å². The summed E-state index contributed by atoms with van der Waals surface area (Å²) < 4.78 is 1.26. The fraction of sp³-hybridized carbons (Fsp3) is 0.316. The molecule has 0 atom stereocenters. The van der Waals surface area contributed by atoms with E-state index < -0.39 is 0 Å².